The maximum absolute atomic E-state index is 13.6. The summed E-state index contributed by atoms with van der Waals surface area (Å²) in [5.74, 6) is -1.20. The quantitative estimate of drug-likeness (QED) is 0.453. The molecular weight excluding hydrogens is 378 g/mol. The third kappa shape index (κ3) is 3.91. The Labute approximate surface area is 160 Å². The van der Waals surface area contributed by atoms with E-state index in [1.165, 1.54) is 18.2 Å². The van der Waals surface area contributed by atoms with Gasteiger partial charge in [0.1, 0.15) is 0 Å². The van der Waals surface area contributed by atoms with Gasteiger partial charge in [0.2, 0.25) is 0 Å². The van der Waals surface area contributed by atoms with Crippen molar-refractivity contribution in [2.45, 2.75) is 57.3 Å². The average molecular weight is 400 g/mol. The molecular formula is C22H22F6. The molecule has 0 radical (unpaired) electrons. The molecule has 0 spiro atoms. The van der Waals surface area contributed by atoms with E-state index in [4.69, 9.17) is 0 Å². The van der Waals surface area contributed by atoms with Gasteiger partial charge in [-0.05, 0) is 66.3 Å². The Balaban J connectivity index is 2.06. The van der Waals surface area contributed by atoms with Crippen LogP contribution in [0.2, 0.25) is 0 Å². The molecule has 0 nitrogen and oxygen atoms in total. The lowest BCUT2D eigenvalue weighted by molar-refractivity contribution is -0.139. The molecule has 0 aliphatic heterocycles. The molecule has 6 heteroatoms. The summed E-state index contributed by atoms with van der Waals surface area (Å²) >= 11 is 0. The number of alkyl halides is 6. The van der Waals surface area contributed by atoms with Crippen LogP contribution in [0.1, 0.15) is 65.8 Å². The van der Waals surface area contributed by atoms with Crippen molar-refractivity contribution < 1.29 is 26.3 Å². The molecule has 2 aromatic carbocycles. The van der Waals surface area contributed by atoms with Gasteiger partial charge < -0.3 is 0 Å². The molecule has 0 amide bonds. The molecule has 0 N–H and O–H groups in total. The summed E-state index contributed by atoms with van der Waals surface area (Å²) in [5.41, 5.74) is -0.398. The first-order valence-corrected chi connectivity index (χ1v) is 9.34. The van der Waals surface area contributed by atoms with Gasteiger partial charge in [-0.3, -0.25) is 0 Å². The highest BCUT2D eigenvalue weighted by atomic mass is 19.4. The van der Waals surface area contributed by atoms with Crippen LogP contribution in [-0.4, -0.2) is 0 Å². The highest BCUT2D eigenvalue weighted by Gasteiger charge is 2.42. The summed E-state index contributed by atoms with van der Waals surface area (Å²) in [4.78, 5) is 0. The topological polar surface area (TPSA) is 0 Å². The summed E-state index contributed by atoms with van der Waals surface area (Å²) in [6.45, 7) is 3.43. The molecule has 3 unspecified atom stereocenters. The van der Waals surface area contributed by atoms with Crippen LogP contribution in [0.4, 0.5) is 26.3 Å². The van der Waals surface area contributed by atoms with Crippen LogP contribution in [0.3, 0.4) is 0 Å². The van der Waals surface area contributed by atoms with Gasteiger partial charge in [-0.25, -0.2) is 0 Å². The van der Waals surface area contributed by atoms with Crippen molar-refractivity contribution in [3.8, 4) is 0 Å². The number of benzene rings is 2. The summed E-state index contributed by atoms with van der Waals surface area (Å²) < 4.78 is 81.3. The minimum atomic E-state index is -4.49. The van der Waals surface area contributed by atoms with Gasteiger partial charge in [-0.2, -0.15) is 26.3 Å². The van der Waals surface area contributed by atoms with Crippen molar-refractivity contribution in [3.05, 3.63) is 70.3 Å². The third-order valence-corrected chi connectivity index (χ3v) is 5.97. The predicted octanol–water partition coefficient (Wildman–Crippen LogP) is 7.72. The Morgan fingerprint density at radius 3 is 1.96 bits per heavy atom. The molecule has 0 heterocycles. The Hall–Kier alpha value is -1.98. The van der Waals surface area contributed by atoms with Gasteiger partial charge in [0.15, 0.2) is 0 Å². The van der Waals surface area contributed by atoms with E-state index in [1.807, 2.05) is 0 Å². The van der Waals surface area contributed by atoms with E-state index in [-0.39, 0.29) is 17.0 Å². The zero-order valence-electron chi connectivity index (χ0n) is 15.7. The summed E-state index contributed by atoms with van der Waals surface area (Å²) in [5, 5.41) is 0. The van der Waals surface area contributed by atoms with Crippen LogP contribution in [0.15, 0.2) is 42.5 Å². The lowest BCUT2D eigenvalue weighted by Crippen LogP contribution is -2.27. The van der Waals surface area contributed by atoms with E-state index in [0.29, 0.717) is 24.8 Å². The van der Waals surface area contributed by atoms with Crippen LogP contribution in [0.5, 0.6) is 0 Å². The third-order valence-electron chi connectivity index (χ3n) is 5.97. The standard InChI is InChI=1S/C22H22F6/c1-13-7-5-12-19(22(26,27)28)20(13)16-10-6-9-15(14(16)2)17-8-3-4-11-18(17)21(23,24)25/h3-5,7-8,11-12,14-16H,6,9-10H2,1-2H3. The van der Waals surface area contributed by atoms with Crippen molar-refractivity contribution in [1.82, 2.24) is 0 Å². The minimum absolute atomic E-state index is 0.189. The van der Waals surface area contributed by atoms with E-state index in [0.717, 1.165) is 12.1 Å². The van der Waals surface area contributed by atoms with Crippen molar-refractivity contribution in [2.75, 3.05) is 0 Å². The minimum Gasteiger partial charge on any atom is -0.166 e. The van der Waals surface area contributed by atoms with Gasteiger partial charge in [-0.1, -0.05) is 43.7 Å². The highest BCUT2D eigenvalue weighted by molar-refractivity contribution is 5.41. The fourth-order valence-electron chi connectivity index (χ4n) is 4.71. The second kappa shape index (κ2) is 7.45. The second-order valence-corrected chi connectivity index (χ2v) is 7.62. The van der Waals surface area contributed by atoms with E-state index in [2.05, 4.69) is 0 Å². The molecule has 3 atom stereocenters. The fourth-order valence-corrected chi connectivity index (χ4v) is 4.71. The monoisotopic (exact) mass is 400 g/mol. The fraction of sp³-hybridized carbons (Fsp3) is 0.455. The first-order valence-electron chi connectivity index (χ1n) is 9.34. The van der Waals surface area contributed by atoms with E-state index in [1.54, 1.807) is 26.0 Å². The van der Waals surface area contributed by atoms with Crippen LogP contribution >= 0.6 is 0 Å². The maximum atomic E-state index is 13.6. The van der Waals surface area contributed by atoms with Crippen LogP contribution in [0, 0.1) is 12.8 Å². The zero-order chi connectivity index (χ0) is 20.7. The zero-order valence-corrected chi connectivity index (χ0v) is 15.7. The number of hydrogen-bond donors (Lipinski definition) is 0. The van der Waals surface area contributed by atoms with Gasteiger partial charge >= 0.3 is 12.4 Å². The van der Waals surface area contributed by atoms with Crippen molar-refractivity contribution in [1.29, 1.82) is 0 Å². The Kier molecular flexibility index (Phi) is 5.52. The number of halogens is 6. The summed E-state index contributed by atoms with van der Waals surface area (Å²) in [7, 11) is 0. The van der Waals surface area contributed by atoms with E-state index < -0.39 is 35.3 Å². The first kappa shape index (κ1) is 20.7. The van der Waals surface area contributed by atoms with Gasteiger partial charge in [0.05, 0.1) is 11.1 Å². The number of rotatable bonds is 2. The number of hydrogen-bond acceptors (Lipinski definition) is 0. The predicted molar refractivity (Wildman–Crippen MR) is 96.1 cm³/mol. The molecule has 1 fully saturated rings. The lowest BCUT2D eigenvalue weighted by Gasteiger charge is -2.39. The van der Waals surface area contributed by atoms with Crippen LogP contribution in [-0.2, 0) is 12.4 Å². The molecule has 28 heavy (non-hydrogen) atoms. The molecule has 0 bridgehead atoms. The normalized spacial score (nSPS) is 23.6. The molecule has 1 saturated carbocycles. The largest absolute Gasteiger partial charge is 0.416 e. The Morgan fingerprint density at radius 1 is 0.750 bits per heavy atom. The van der Waals surface area contributed by atoms with Gasteiger partial charge in [0, 0.05) is 0 Å². The lowest BCUT2D eigenvalue weighted by atomic mass is 9.66. The van der Waals surface area contributed by atoms with E-state index >= 15 is 0 Å². The van der Waals surface area contributed by atoms with E-state index in [9.17, 15) is 26.3 Å². The Bertz CT molecular complexity index is 834. The van der Waals surface area contributed by atoms with Gasteiger partial charge in [0.25, 0.3) is 0 Å². The number of aryl methyl sites for hydroxylation is 1. The van der Waals surface area contributed by atoms with Crippen LogP contribution in [0.25, 0.3) is 0 Å². The molecule has 1 aliphatic rings. The average Bonchev–Trinajstić information content (AvgIpc) is 2.61. The SMILES string of the molecule is Cc1cccc(C(F)(F)F)c1C1CCCC(c2ccccc2C(F)(F)F)C1C. The highest BCUT2D eigenvalue weighted by Crippen LogP contribution is 2.51. The first-order chi connectivity index (χ1) is 13.0. The molecule has 152 valence electrons. The molecule has 3 rings (SSSR count). The van der Waals surface area contributed by atoms with Crippen molar-refractivity contribution in [2.24, 2.45) is 5.92 Å². The molecule has 2 aromatic rings. The summed E-state index contributed by atoms with van der Waals surface area (Å²) in [6, 6.07) is 9.53. The molecule has 0 saturated heterocycles. The molecule has 1 aliphatic carbocycles. The van der Waals surface area contributed by atoms with Crippen molar-refractivity contribution >= 4 is 0 Å². The Morgan fingerprint density at radius 2 is 1.32 bits per heavy atom. The summed E-state index contributed by atoms with van der Waals surface area (Å²) in [6.07, 6.45) is -7.30. The van der Waals surface area contributed by atoms with Crippen molar-refractivity contribution in [3.63, 3.8) is 0 Å². The van der Waals surface area contributed by atoms with Gasteiger partial charge in [-0.15, -0.1) is 0 Å². The second-order valence-electron chi connectivity index (χ2n) is 7.62. The smallest absolute Gasteiger partial charge is 0.166 e. The molecule has 0 aromatic heterocycles. The maximum Gasteiger partial charge on any atom is 0.416 e. The van der Waals surface area contributed by atoms with Crippen LogP contribution < -0.4 is 0 Å².